The maximum atomic E-state index is 5.64. The van der Waals surface area contributed by atoms with Crippen molar-refractivity contribution in [1.82, 2.24) is 5.43 Å². The van der Waals surface area contributed by atoms with Gasteiger partial charge in [-0.25, -0.2) is 5.43 Å². The second-order valence-corrected chi connectivity index (χ2v) is 5.00. The second kappa shape index (κ2) is 5.65. The van der Waals surface area contributed by atoms with Gasteiger partial charge >= 0.3 is 0 Å². The topological polar surface area (TPSA) is 47.3 Å². The van der Waals surface area contributed by atoms with Gasteiger partial charge in [0.05, 0.1) is 6.61 Å². The van der Waals surface area contributed by atoms with E-state index < -0.39 is 0 Å². The molecule has 1 aliphatic rings. The zero-order chi connectivity index (χ0) is 11.4. The molecule has 0 fully saturated rings. The first-order valence-corrected chi connectivity index (χ1v) is 6.43. The maximum Gasteiger partial charge on any atom is 0.115 e. The summed E-state index contributed by atoms with van der Waals surface area (Å²) in [7, 11) is 0. The number of halogens is 1. The summed E-state index contributed by atoms with van der Waals surface area (Å²) in [6, 6.07) is 8.24. The molecular weight excluding hydrogens is 315 g/mol. The number of ether oxygens (including phenoxy) is 1. The van der Waals surface area contributed by atoms with E-state index >= 15 is 0 Å². The average Bonchev–Trinajstić information content (AvgIpc) is 2.31. The van der Waals surface area contributed by atoms with E-state index in [0.717, 1.165) is 30.8 Å². The Labute approximate surface area is 109 Å². The van der Waals surface area contributed by atoms with Gasteiger partial charge in [-0.15, -0.1) is 0 Å². The van der Waals surface area contributed by atoms with E-state index in [9.17, 15) is 0 Å². The van der Waals surface area contributed by atoms with E-state index in [1.54, 1.807) is 0 Å². The lowest BCUT2D eigenvalue weighted by Gasteiger charge is -2.23. The summed E-state index contributed by atoms with van der Waals surface area (Å²) in [6.45, 7) is 0.786. The monoisotopic (exact) mass is 330 g/mol. The number of hydrogen-bond donors (Lipinski definition) is 2. The van der Waals surface area contributed by atoms with E-state index in [4.69, 9.17) is 10.6 Å². The van der Waals surface area contributed by atoms with Crippen LogP contribution in [0.25, 0.3) is 0 Å². The summed E-state index contributed by atoms with van der Waals surface area (Å²) in [5, 5.41) is 0. The molecule has 0 bridgehead atoms. The molecule has 0 amide bonds. The molecule has 16 heavy (non-hydrogen) atoms. The number of hydrazine groups is 1. The van der Waals surface area contributed by atoms with Gasteiger partial charge in [0.1, 0.15) is 11.8 Å². The summed E-state index contributed by atoms with van der Waals surface area (Å²) in [5.74, 6) is 6.55. The standard InChI is InChI=1S/C12H15IN2O/c13-10-5-3-4-9(8-10)12(15-14)11-6-1-2-7-16-11/h3-6,8,12,15H,1-2,7,14H2. The van der Waals surface area contributed by atoms with Crippen LogP contribution in [0.2, 0.25) is 0 Å². The van der Waals surface area contributed by atoms with Crippen LogP contribution in [0, 0.1) is 3.57 Å². The van der Waals surface area contributed by atoms with Crippen molar-refractivity contribution in [1.29, 1.82) is 0 Å². The van der Waals surface area contributed by atoms with Crippen LogP contribution in [-0.2, 0) is 4.74 Å². The predicted molar refractivity (Wildman–Crippen MR) is 72.5 cm³/mol. The zero-order valence-corrected chi connectivity index (χ0v) is 11.1. The van der Waals surface area contributed by atoms with Crippen molar-refractivity contribution in [2.24, 2.45) is 5.84 Å². The maximum absolute atomic E-state index is 5.64. The van der Waals surface area contributed by atoms with Gasteiger partial charge in [0.15, 0.2) is 0 Å². The van der Waals surface area contributed by atoms with E-state index in [2.05, 4.69) is 52.3 Å². The lowest BCUT2D eigenvalue weighted by Crippen LogP contribution is -2.31. The minimum absolute atomic E-state index is 0.0324. The highest BCUT2D eigenvalue weighted by atomic mass is 127. The second-order valence-electron chi connectivity index (χ2n) is 3.75. The Morgan fingerprint density at radius 2 is 2.31 bits per heavy atom. The van der Waals surface area contributed by atoms with Crippen LogP contribution in [0.4, 0.5) is 0 Å². The van der Waals surface area contributed by atoms with Crippen molar-refractivity contribution in [3.05, 3.63) is 45.2 Å². The molecule has 1 aromatic rings. The van der Waals surface area contributed by atoms with Crippen molar-refractivity contribution < 1.29 is 4.74 Å². The SMILES string of the molecule is NNC(C1=CCCCO1)c1cccc(I)c1. The molecular formula is C12H15IN2O. The highest BCUT2D eigenvalue weighted by Gasteiger charge is 2.18. The van der Waals surface area contributed by atoms with Crippen molar-refractivity contribution in [2.75, 3.05) is 6.61 Å². The van der Waals surface area contributed by atoms with Crippen LogP contribution < -0.4 is 11.3 Å². The van der Waals surface area contributed by atoms with Crippen LogP contribution in [-0.4, -0.2) is 6.61 Å². The van der Waals surface area contributed by atoms with Gasteiger partial charge in [-0.2, -0.15) is 0 Å². The first-order chi connectivity index (χ1) is 7.81. The first kappa shape index (κ1) is 11.9. The summed E-state index contributed by atoms with van der Waals surface area (Å²) < 4.78 is 6.84. The van der Waals surface area contributed by atoms with Crippen LogP contribution in [0.15, 0.2) is 36.1 Å². The van der Waals surface area contributed by atoms with Gasteiger partial charge in [-0.05, 0) is 59.2 Å². The molecule has 3 nitrogen and oxygen atoms in total. The first-order valence-electron chi connectivity index (χ1n) is 5.35. The van der Waals surface area contributed by atoms with Gasteiger partial charge in [0.25, 0.3) is 0 Å². The molecule has 4 heteroatoms. The third kappa shape index (κ3) is 2.75. The summed E-state index contributed by atoms with van der Waals surface area (Å²) in [5.41, 5.74) is 3.96. The van der Waals surface area contributed by atoms with Crippen molar-refractivity contribution in [2.45, 2.75) is 18.9 Å². The lowest BCUT2D eigenvalue weighted by molar-refractivity contribution is 0.168. The molecule has 1 aliphatic heterocycles. The van der Waals surface area contributed by atoms with Crippen LogP contribution in [0.5, 0.6) is 0 Å². The summed E-state index contributed by atoms with van der Waals surface area (Å²) in [4.78, 5) is 0. The van der Waals surface area contributed by atoms with Crippen molar-refractivity contribution in [3.8, 4) is 0 Å². The van der Waals surface area contributed by atoms with E-state index in [-0.39, 0.29) is 6.04 Å². The molecule has 86 valence electrons. The van der Waals surface area contributed by atoms with Gasteiger partial charge in [0.2, 0.25) is 0 Å². The van der Waals surface area contributed by atoms with Gasteiger partial charge in [-0.3, -0.25) is 5.84 Å². The molecule has 1 aromatic carbocycles. The number of rotatable bonds is 3. The Morgan fingerprint density at radius 1 is 1.44 bits per heavy atom. The Bertz CT molecular complexity index is 392. The normalized spacial score (nSPS) is 17.5. The molecule has 0 spiro atoms. The van der Waals surface area contributed by atoms with E-state index in [0.29, 0.717) is 0 Å². The number of benzene rings is 1. The summed E-state index contributed by atoms with van der Waals surface area (Å²) >= 11 is 2.30. The fraction of sp³-hybridized carbons (Fsp3) is 0.333. The molecule has 0 saturated carbocycles. The largest absolute Gasteiger partial charge is 0.496 e. The Hall–Kier alpha value is -0.590. The fourth-order valence-electron chi connectivity index (χ4n) is 1.81. The molecule has 1 unspecified atom stereocenters. The van der Waals surface area contributed by atoms with Gasteiger partial charge in [0, 0.05) is 3.57 Å². The lowest BCUT2D eigenvalue weighted by atomic mass is 10.0. The minimum Gasteiger partial charge on any atom is -0.496 e. The van der Waals surface area contributed by atoms with Crippen molar-refractivity contribution >= 4 is 22.6 Å². The minimum atomic E-state index is -0.0324. The average molecular weight is 330 g/mol. The zero-order valence-electron chi connectivity index (χ0n) is 8.95. The van der Waals surface area contributed by atoms with E-state index in [1.165, 1.54) is 3.57 Å². The van der Waals surface area contributed by atoms with Crippen LogP contribution >= 0.6 is 22.6 Å². The number of hydrogen-bond acceptors (Lipinski definition) is 3. The molecule has 2 rings (SSSR count). The molecule has 0 radical (unpaired) electrons. The molecule has 0 aromatic heterocycles. The number of nitrogens with two attached hydrogens (primary N) is 1. The van der Waals surface area contributed by atoms with E-state index in [1.807, 2.05) is 6.07 Å². The summed E-state index contributed by atoms with van der Waals surface area (Å²) in [6.07, 6.45) is 4.28. The quantitative estimate of drug-likeness (QED) is 0.509. The molecule has 1 heterocycles. The van der Waals surface area contributed by atoms with Crippen molar-refractivity contribution in [3.63, 3.8) is 0 Å². The van der Waals surface area contributed by atoms with Gasteiger partial charge < -0.3 is 4.74 Å². The molecule has 0 aliphatic carbocycles. The Balaban J connectivity index is 2.25. The third-order valence-electron chi connectivity index (χ3n) is 2.60. The number of allylic oxidation sites excluding steroid dienone is 1. The highest BCUT2D eigenvalue weighted by Crippen LogP contribution is 2.26. The van der Waals surface area contributed by atoms with Crippen LogP contribution in [0.3, 0.4) is 0 Å². The Morgan fingerprint density at radius 3 is 2.94 bits per heavy atom. The van der Waals surface area contributed by atoms with Gasteiger partial charge in [-0.1, -0.05) is 12.1 Å². The third-order valence-corrected chi connectivity index (χ3v) is 3.27. The Kier molecular flexibility index (Phi) is 4.20. The van der Waals surface area contributed by atoms with Crippen LogP contribution in [0.1, 0.15) is 24.4 Å². The number of nitrogens with one attached hydrogen (secondary N) is 1. The molecule has 1 atom stereocenters. The molecule has 3 N–H and O–H groups in total. The highest BCUT2D eigenvalue weighted by molar-refractivity contribution is 14.1. The predicted octanol–water partition coefficient (Wildman–Crippen LogP) is 2.49. The smallest absolute Gasteiger partial charge is 0.115 e. The molecule has 0 saturated heterocycles. The fourth-order valence-corrected chi connectivity index (χ4v) is 2.37.